The van der Waals surface area contributed by atoms with Gasteiger partial charge in [0.2, 0.25) is 0 Å². The van der Waals surface area contributed by atoms with Crippen LogP contribution in [0.15, 0.2) is 41.8 Å². The van der Waals surface area contributed by atoms with Gasteiger partial charge in [-0.1, -0.05) is 6.08 Å². The third kappa shape index (κ3) is 2.28. The van der Waals surface area contributed by atoms with Crippen molar-refractivity contribution in [3.05, 3.63) is 53.0 Å². The SMILES string of the molecule is C=CCCCn1c(=O)ccc2c(C)ccnc21. The molecule has 0 aromatic carbocycles. The maximum Gasteiger partial charge on any atom is 0.252 e. The first-order valence-electron chi connectivity index (χ1n) is 5.80. The molecule has 3 nitrogen and oxygen atoms in total. The molecule has 2 heterocycles. The minimum absolute atomic E-state index is 0.0136. The van der Waals surface area contributed by atoms with E-state index in [4.69, 9.17) is 0 Å². The molecule has 0 amide bonds. The van der Waals surface area contributed by atoms with Gasteiger partial charge in [-0.25, -0.2) is 4.98 Å². The van der Waals surface area contributed by atoms with E-state index in [-0.39, 0.29) is 5.56 Å². The highest BCUT2D eigenvalue weighted by atomic mass is 16.1. The first-order chi connectivity index (χ1) is 8.24. The molecule has 0 radical (unpaired) electrons. The van der Waals surface area contributed by atoms with Gasteiger partial charge in [0.25, 0.3) is 5.56 Å². The summed E-state index contributed by atoms with van der Waals surface area (Å²) in [5.74, 6) is 0. The van der Waals surface area contributed by atoms with Crippen LogP contribution in [0.25, 0.3) is 11.0 Å². The van der Waals surface area contributed by atoms with Crippen molar-refractivity contribution in [3.63, 3.8) is 0 Å². The molecular formula is C14H16N2O. The van der Waals surface area contributed by atoms with Gasteiger partial charge in [-0.3, -0.25) is 9.36 Å². The minimum Gasteiger partial charge on any atom is -0.293 e. The maximum atomic E-state index is 11.8. The van der Waals surface area contributed by atoms with Crippen molar-refractivity contribution in [2.45, 2.75) is 26.3 Å². The van der Waals surface area contributed by atoms with Crippen molar-refractivity contribution < 1.29 is 0 Å². The van der Waals surface area contributed by atoms with Crippen LogP contribution in [0.1, 0.15) is 18.4 Å². The van der Waals surface area contributed by atoms with Crippen LogP contribution in [0.5, 0.6) is 0 Å². The van der Waals surface area contributed by atoms with E-state index in [2.05, 4.69) is 11.6 Å². The number of aromatic nitrogens is 2. The lowest BCUT2D eigenvalue weighted by Gasteiger charge is -2.09. The lowest BCUT2D eigenvalue weighted by atomic mass is 10.2. The fraction of sp³-hybridized carbons (Fsp3) is 0.286. The normalized spacial score (nSPS) is 10.6. The van der Waals surface area contributed by atoms with Crippen LogP contribution in [-0.2, 0) is 6.54 Å². The van der Waals surface area contributed by atoms with Gasteiger partial charge in [-0.05, 0) is 37.5 Å². The van der Waals surface area contributed by atoms with Crippen LogP contribution in [0.2, 0.25) is 0 Å². The summed E-state index contributed by atoms with van der Waals surface area (Å²) in [7, 11) is 0. The maximum absolute atomic E-state index is 11.8. The molecular weight excluding hydrogens is 212 g/mol. The zero-order valence-electron chi connectivity index (χ0n) is 10.0. The van der Waals surface area contributed by atoms with E-state index < -0.39 is 0 Å². The van der Waals surface area contributed by atoms with Gasteiger partial charge in [-0.2, -0.15) is 0 Å². The second kappa shape index (κ2) is 4.95. The van der Waals surface area contributed by atoms with Gasteiger partial charge in [0.15, 0.2) is 0 Å². The summed E-state index contributed by atoms with van der Waals surface area (Å²) >= 11 is 0. The van der Waals surface area contributed by atoms with E-state index in [1.807, 2.05) is 25.1 Å². The van der Waals surface area contributed by atoms with Crippen molar-refractivity contribution in [1.29, 1.82) is 0 Å². The molecule has 0 aliphatic carbocycles. The van der Waals surface area contributed by atoms with Crippen molar-refractivity contribution in [1.82, 2.24) is 9.55 Å². The summed E-state index contributed by atoms with van der Waals surface area (Å²) in [6.45, 7) is 6.41. The Labute approximate surface area is 100 Å². The van der Waals surface area contributed by atoms with Crippen molar-refractivity contribution in [2.24, 2.45) is 0 Å². The lowest BCUT2D eigenvalue weighted by molar-refractivity contribution is 0.645. The molecule has 88 valence electrons. The number of nitrogens with zero attached hydrogens (tertiary/aromatic N) is 2. The van der Waals surface area contributed by atoms with Gasteiger partial charge in [0.1, 0.15) is 5.65 Å². The van der Waals surface area contributed by atoms with Gasteiger partial charge in [-0.15, -0.1) is 6.58 Å². The second-order valence-electron chi connectivity index (χ2n) is 4.12. The molecule has 2 rings (SSSR count). The molecule has 3 heteroatoms. The van der Waals surface area contributed by atoms with Crippen molar-refractivity contribution >= 4 is 11.0 Å². The monoisotopic (exact) mass is 228 g/mol. The minimum atomic E-state index is 0.0136. The van der Waals surface area contributed by atoms with Crippen LogP contribution in [0.3, 0.4) is 0 Å². The highest BCUT2D eigenvalue weighted by Gasteiger charge is 2.05. The fourth-order valence-electron chi connectivity index (χ4n) is 1.94. The van der Waals surface area contributed by atoms with Crippen molar-refractivity contribution in [3.8, 4) is 0 Å². The van der Waals surface area contributed by atoms with Gasteiger partial charge >= 0.3 is 0 Å². The van der Waals surface area contributed by atoms with Gasteiger partial charge in [0.05, 0.1) is 0 Å². The van der Waals surface area contributed by atoms with E-state index in [1.165, 1.54) is 0 Å². The van der Waals surface area contributed by atoms with E-state index >= 15 is 0 Å². The van der Waals surface area contributed by atoms with E-state index in [1.54, 1.807) is 16.8 Å². The Bertz CT molecular complexity index is 599. The second-order valence-corrected chi connectivity index (χ2v) is 4.12. The average molecular weight is 228 g/mol. The number of allylic oxidation sites excluding steroid dienone is 1. The molecule has 0 saturated carbocycles. The molecule has 2 aromatic rings. The van der Waals surface area contributed by atoms with Crippen LogP contribution >= 0.6 is 0 Å². The summed E-state index contributed by atoms with van der Waals surface area (Å²) in [4.78, 5) is 16.2. The Kier molecular flexibility index (Phi) is 3.38. The number of fused-ring (bicyclic) bond motifs is 1. The van der Waals surface area contributed by atoms with E-state index in [0.29, 0.717) is 6.54 Å². The summed E-state index contributed by atoms with van der Waals surface area (Å²) in [5, 5.41) is 1.05. The number of aryl methyl sites for hydroxylation is 2. The first-order valence-corrected chi connectivity index (χ1v) is 5.80. The Morgan fingerprint density at radius 2 is 2.24 bits per heavy atom. The molecule has 0 spiro atoms. The largest absolute Gasteiger partial charge is 0.293 e. The first kappa shape index (κ1) is 11.6. The van der Waals surface area contributed by atoms with Crippen LogP contribution in [-0.4, -0.2) is 9.55 Å². The molecule has 17 heavy (non-hydrogen) atoms. The van der Waals surface area contributed by atoms with Gasteiger partial charge in [0, 0.05) is 24.2 Å². The predicted molar refractivity (Wildman–Crippen MR) is 70.2 cm³/mol. The Morgan fingerprint density at radius 3 is 3.00 bits per heavy atom. The molecule has 0 aliphatic rings. The molecule has 0 fully saturated rings. The molecule has 0 atom stereocenters. The Balaban J connectivity index is 2.52. The molecule has 0 N–H and O–H groups in total. The van der Waals surface area contributed by atoms with Gasteiger partial charge < -0.3 is 0 Å². The van der Waals surface area contributed by atoms with Crippen molar-refractivity contribution in [2.75, 3.05) is 0 Å². The number of hydrogen-bond donors (Lipinski definition) is 0. The lowest BCUT2D eigenvalue weighted by Crippen LogP contribution is -2.20. The molecule has 2 aromatic heterocycles. The smallest absolute Gasteiger partial charge is 0.252 e. The summed E-state index contributed by atoms with van der Waals surface area (Å²) in [6, 6.07) is 5.43. The quantitative estimate of drug-likeness (QED) is 0.595. The topological polar surface area (TPSA) is 34.9 Å². The highest BCUT2D eigenvalue weighted by Crippen LogP contribution is 2.14. The summed E-state index contributed by atoms with van der Waals surface area (Å²) in [5.41, 5.74) is 1.94. The molecule has 0 aliphatic heterocycles. The predicted octanol–water partition coefficient (Wildman–Crippen LogP) is 2.67. The number of pyridine rings is 2. The molecule has 0 bridgehead atoms. The number of rotatable bonds is 4. The van der Waals surface area contributed by atoms with Crippen LogP contribution in [0.4, 0.5) is 0 Å². The zero-order chi connectivity index (χ0) is 12.3. The number of unbranched alkanes of at least 4 members (excludes halogenated alkanes) is 1. The van der Waals surface area contributed by atoms with Crippen LogP contribution in [0, 0.1) is 6.92 Å². The number of hydrogen-bond acceptors (Lipinski definition) is 2. The Hall–Kier alpha value is -1.90. The third-order valence-electron chi connectivity index (χ3n) is 2.89. The molecule has 0 saturated heterocycles. The zero-order valence-corrected chi connectivity index (χ0v) is 10.0. The molecule has 0 unspecified atom stereocenters. The average Bonchev–Trinajstić information content (AvgIpc) is 2.32. The van der Waals surface area contributed by atoms with E-state index in [0.717, 1.165) is 29.4 Å². The highest BCUT2D eigenvalue weighted by molar-refractivity contribution is 5.78. The summed E-state index contributed by atoms with van der Waals surface area (Å²) in [6.07, 6.45) is 5.45. The fourth-order valence-corrected chi connectivity index (χ4v) is 1.94. The van der Waals surface area contributed by atoms with E-state index in [9.17, 15) is 4.79 Å². The summed E-state index contributed by atoms with van der Waals surface area (Å²) < 4.78 is 1.74. The van der Waals surface area contributed by atoms with Crippen LogP contribution < -0.4 is 5.56 Å². The third-order valence-corrected chi connectivity index (χ3v) is 2.89. The standard InChI is InChI=1S/C14H16N2O/c1-3-4-5-10-16-13(17)7-6-12-11(2)8-9-15-14(12)16/h3,6-9H,1,4-5,10H2,2H3. The Morgan fingerprint density at radius 1 is 1.41 bits per heavy atom.